The van der Waals surface area contributed by atoms with Gasteiger partial charge in [-0.05, 0) is 95.1 Å². The predicted octanol–water partition coefficient (Wildman–Crippen LogP) is 6.05. The second-order valence-corrected chi connectivity index (χ2v) is 11.1. The number of nitrogens with zero attached hydrogens (tertiary/aromatic N) is 5. The highest BCUT2D eigenvalue weighted by Gasteiger charge is 2.33. The summed E-state index contributed by atoms with van der Waals surface area (Å²) in [5, 5.41) is 14.2. The Morgan fingerprint density at radius 2 is 1.63 bits per heavy atom. The van der Waals surface area contributed by atoms with E-state index < -0.39 is 6.04 Å². The van der Waals surface area contributed by atoms with Crippen LogP contribution >= 0.6 is 0 Å². The number of hydrogen-bond donors (Lipinski definition) is 1. The number of aromatic amines is 1. The van der Waals surface area contributed by atoms with E-state index in [1.54, 1.807) is 7.11 Å². The number of tetrazole rings is 1. The topological polar surface area (TPSA) is 88.9 Å². The molecule has 8 nitrogen and oxygen atoms in total. The largest absolute Gasteiger partial charge is 0.497 e. The molecule has 0 spiro atoms. The maximum atomic E-state index is 13.9. The molecule has 1 N–H and O–H groups in total. The smallest absolute Gasteiger partial charge is 0.253 e. The third-order valence-corrected chi connectivity index (χ3v) is 8.35. The van der Waals surface area contributed by atoms with Crippen molar-refractivity contribution in [3.05, 3.63) is 117 Å². The van der Waals surface area contributed by atoms with Gasteiger partial charge in [0, 0.05) is 24.2 Å². The maximum absolute atomic E-state index is 13.9. The highest BCUT2D eigenvalue weighted by atomic mass is 16.5. The normalized spacial score (nSPS) is 14.6. The molecule has 8 heteroatoms. The molecule has 3 aromatic carbocycles. The molecular weight excluding hydrogens is 512 g/mol. The Kier molecular flexibility index (Phi) is 7.65. The third-order valence-electron chi connectivity index (χ3n) is 8.35. The predicted molar refractivity (Wildman–Crippen MR) is 160 cm³/mol. The Morgan fingerprint density at radius 3 is 2.34 bits per heavy atom. The zero-order chi connectivity index (χ0) is 28.3. The van der Waals surface area contributed by atoms with E-state index in [-0.39, 0.29) is 11.6 Å². The molecule has 210 valence electrons. The van der Waals surface area contributed by atoms with Gasteiger partial charge in [-0.3, -0.25) is 9.69 Å². The van der Waals surface area contributed by atoms with Gasteiger partial charge in [0.2, 0.25) is 0 Å². The van der Waals surface area contributed by atoms with E-state index in [4.69, 9.17) is 4.74 Å². The molecule has 1 atom stereocenters. The number of rotatable bonds is 9. The van der Waals surface area contributed by atoms with Gasteiger partial charge in [0.1, 0.15) is 11.8 Å². The fourth-order valence-electron chi connectivity index (χ4n) is 6.01. The summed E-state index contributed by atoms with van der Waals surface area (Å²) in [7, 11) is 1.67. The van der Waals surface area contributed by atoms with Crippen LogP contribution in [-0.4, -0.2) is 37.2 Å². The zero-order valence-electron chi connectivity index (χ0n) is 23.9. The maximum Gasteiger partial charge on any atom is 0.253 e. The van der Waals surface area contributed by atoms with Crippen molar-refractivity contribution < 1.29 is 4.74 Å². The number of ether oxygens (including phenoxy) is 1. The van der Waals surface area contributed by atoms with Crippen LogP contribution in [0.1, 0.15) is 71.4 Å². The van der Waals surface area contributed by atoms with Gasteiger partial charge in [0.05, 0.1) is 13.2 Å². The quantitative estimate of drug-likeness (QED) is 0.241. The van der Waals surface area contributed by atoms with Gasteiger partial charge in [-0.15, -0.1) is 5.10 Å². The van der Waals surface area contributed by atoms with Crippen LogP contribution in [0.15, 0.2) is 77.6 Å². The van der Waals surface area contributed by atoms with Crippen LogP contribution in [0.2, 0.25) is 0 Å². The Balaban J connectivity index is 1.53. The first-order valence-corrected chi connectivity index (χ1v) is 14.3. The van der Waals surface area contributed by atoms with Crippen molar-refractivity contribution in [1.29, 1.82) is 0 Å². The lowest BCUT2D eigenvalue weighted by molar-refractivity contribution is 0.190. The monoisotopic (exact) mass is 548 g/mol. The number of aromatic nitrogens is 5. The number of aryl methyl sites for hydroxylation is 2. The molecule has 2 heterocycles. The van der Waals surface area contributed by atoms with Crippen LogP contribution in [0.25, 0.3) is 10.9 Å². The van der Waals surface area contributed by atoms with Crippen molar-refractivity contribution in [1.82, 2.24) is 30.1 Å². The molecule has 5 aromatic rings. The molecule has 41 heavy (non-hydrogen) atoms. The lowest BCUT2D eigenvalue weighted by atomic mass is 9.99. The van der Waals surface area contributed by atoms with Gasteiger partial charge >= 0.3 is 0 Å². The second kappa shape index (κ2) is 11.7. The van der Waals surface area contributed by atoms with E-state index in [0.29, 0.717) is 24.5 Å². The Bertz CT molecular complexity index is 1690. The van der Waals surface area contributed by atoms with E-state index in [1.807, 2.05) is 47.1 Å². The van der Waals surface area contributed by atoms with Crippen molar-refractivity contribution >= 4 is 10.9 Å². The first-order valence-electron chi connectivity index (χ1n) is 14.3. The summed E-state index contributed by atoms with van der Waals surface area (Å²) in [5.74, 6) is 1.51. The van der Waals surface area contributed by atoms with Gasteiger partial charge in [0.25, 0.3) is 5.56 Å². The lowest BCUT2D eigenvalue weighted by Crippen LogP contribution is -2.35. The van der Waals surface area contributed by atoms with Crippen LogP contribution in [0.4, 0.5) is 0 Å². The number of pyridine rings is 1. The number of methoxy groups -OCH3 is 1. The van der Waals surface area contributed by atoms with Gasteiger partial charge in [-0.1, -0.05) is 55.3 Å². The molecule has 1 saturated carbocycles. The molecule has 0 amide bonds. The van der Waals surface area contributed by atoms with Crippen LogP contribution in [0.3, 0.4) is 0 Å². The number of benzene rings is 3. The van der Waals surface area contributed by atoms with E-state index in [1.165, 1.54) is 5.56 Å². The van der Waals surface area contributed by atoms with E-state index in [9.17, 15) is 4.79 Å². The van der Waals surface area contributed by atoms with Crippen LogP contribution in [0, 0.1) is 13.8 Å². The second-order valence-electron chi connectivity index (χ2n) is 11.1. The van der Waals surface area contributed by atoms with Crippen molar-refractivity contribution in [2.24, 2.45) is 0 Å². The summed E-state index contributed by atoms with van der Waals surface area (Å²) in [4.78, 5) is 19.4. The lowest BCUT2D eigenvalue weighted by Gasteiger charge is -2.32. The summed E-state index contributed by atoms with van der Waals surface area (Å²) in [6, 6.07) is 24.4. The standard InChI is InChI=1S/C33H36N6O2/c1-22-17-26-19-29(33(40)34-30(26)18-23(22)2)31(32-35-36-37-39(32)27-11-7-8-12-27)38(20-24-9-5-4-6-10-24)21-25-13-15-28(41-3)16-14-25/h4-6,9-10,13-19,27,31H,7-8,11-12,20-21H2,1-3H3,(H,34,40). The van der Waals surface area contributed by atoms with Crippen LogP contribution < -0.4 is 10.3 Å². The van der Waals surface area contributed by atoms with E-state index in [0.717, 1.165) is 59.0 Å². The highest BCUT2D eigenvalue weighted by molar-refractivity contribution is 5.81. The molecule has 0 aliphatic heterocycles. The molecule has 1 fully saturated rings. The molecule has 6 rings (SSSR count). The average molecular weight is 549 g/mol. The molecule has 1 aliphatic rings. The first kappa shape index (κ1) is 26.9. The molecule has 0 saturated heterocycles. The zero-order valence-corrected chi connectivity index (χ0v) is 23.9. The minimum absolute atomic E-state index is 0.125. The summed E-state index contributed by atoms with van der Waals surface area (Å²) < 4.78 is 7.38. The van der Waals surface area contributed by atoms with Gasteiger partial charge in [0.15, 0.2) is 5.82 Å². The first-order chi connectivity index (χ1) is 20.0. The molecule has 0 bridgehead atoms. The van der Waals surface area contributed by atoms with Gasteiger partial charge in [-0.25, -0.2) is 4.68 Å². The van der Waals surface area contributed by atoms with Crippen molar-refractivity contribution in [2.45, 2.75) is 64.7 Å². The van der Waals surface area contributed by atoms with Gasteiger partial charge < -0.3 is 9.72 Å². The molecule has 0 radical (unpaired) electrons. The molecular formula is C33H36N6O2. The van der Waals surface area contributed by atoms with Crippen molar-refractivity contribution in [3.8, 4) is 5.75 Å². The van der Waals surface area contributed by atoms with Crippen LogP contribution in [0.5, 0.6) is 5.75 Å². The Labute approximate surface area is 240 Å². The number of hydrogen-bond acceptors (Lipinski definition) is 6. The number of nitrogens with one attached hydrogen (secondary N) is 1. The van der Waals surface area contributed by atoms with Crippen molar-refractivity contribution in [2.75, 3.05) is 7.11 Å². The minimum atomic E-state index is -0.470. The fraction of sp³-hybridized carbons (Fsp3) is 0.333. The van der Waals surface area contributed by atoms with E-state index in [2.05, 4.69) is 69.6 Å². The minimum Gasteiger partial charge on any atom is -0.497 e. The Hall–Kier alpha value is -4.30. The fourth-order valence-corrected chi connectivity index (χ4v) is 6.01. The third kappa shape index (κ3) is 5.65. The molecule has 1 unspecified atom stereocenters. The summed E-state index contributed by atoms with van der Waals surface area (Å²) in [6.07, 6.45) is 4.38. The summed E-state index contributed by atoms with van der Waals surface area (Å²) in [5.41, 5.74) is 5.93. The SMILES string of the molecule is COc1ccc(CN(Cc2ccccc2)C(c2cc3cc(C)c(C)cc3[nH]c2=O)c2nnnn2C2CCCC2)cc1. The highest BCUT2D eigenvalue weighted by Crippen LogP contribution is 2.35. The average Bonchev–Trinajstić information content (AvgIpc) is 3.68. The molecule has 2 aromatic heterocycles. The summed E-state index contributed by atoms with van der Waals surface area (Å²) in [6.45, 7) is 5.37. The van der Waals surface area contributed by atoms with E-state index >= 15 is 0 Å². The summed E-state index contributed by atoms with van der Waals surface area (Å²) >= 11 is 0. The van der Waals surface area contributed by atoms with Gasteiger partial charge in [-0.2, -0.15) is 0 Å². The number of fused-ring (bicyclic) bond motifs is 1. The number of H-pyrrole nitrogens is 1. The van der Waals surface area contributed by atoms with Crippen LogP contribution in [-0.2, 0) is 13.1 Å². The Morgan fingerprint density at radius 1 is 0.951 bits per heavy atom. The molecule has 1 aliphatic carbocycles. The van der Waals surface area contributed by atoms with Crippen molar-refractivity contribution in [3.63, 3.8) is 0 Å².